The number of carbonyl (C=O) groups is 1. The second-order valence-electron chi connectivity index (χ2n) is 5.43. The summed E-state index contributed by atoms with van der Waals surface area (Å²) in [5.41, 5.74) is 2.56. The van der Waals surface area contributed by atoms with Crippen LogP contribution < -0.4 is 9.62 Å². The average molecular weight is 348 g/mol. The highest BCUT2D eigenvalue weighted by Crippen LogP contribution is 2.31. The molecule has 1 aliphatic heterocycles. The van der Waals surface area contributed by atoms with E-state index in [4.69, 9.17) is 5.11 Å². The molecule has 1 fully saturated rings. The van der Waals surface area contributed by atoms with Crippen molar-refractivity contribution in [2.24, 2.45) is 0 Å². The van der Waals surface area contributed by atoms with Gasteiger partial charge in [-0.1, -0.05) is 0 Å². The van der Waals surface area contributed by atoms with Crippen LogP contribution in [-0.2, 0) is 10.0 Å². The van der Waals surface area contributed by atoms with E-state index in [0.29, 0.717) is 35.5 Å². The van der Waals surface area contributed by atoms with E-state index in [2.05, 4.69) is 15.3 Å². The van der Waals surface area contributed by atoms with Crippen molar-refractivity contribution in [2.75, 3.05) is 21.9 Å². The van der Waals surface area contributed by atoms with Gasteiger partial charge in [-0.3, -0.25) is 14.6 Å². The summed E-state index contributed by atoms with van der Waals surface area (Å²) in [7, 11) is -3.29. The van der Waals surface area contributed by atoms with Gasteiger partial charge in [-0.2, -0.15) is 0 Å². The molecule has 9 heteroatoms. The smallest absolute Gasteiger partial charge is 0.410 e. The third kappa shape index (κ3) is 3.16. The first-order valence-electron chi connectivity index (χ1n) is 7.30. The molecule has 1 aliphatic rings. The van der Waals surface area contributed by atoms with Gasteiger partial charge in [-0.15, -0.1) is 0 Å². The van der Waals surface area contributed by atoms with Crippen LogP contribution in [0.1, 0.15) is 12.1 Å². The van der Waals surface area contributed by atoms with E-state index in [0.717, 1.165) is 0 Å². The number of nitrogens with zero attached hydrogens (tertiary/aromatic N) is 3. The molecule has 3 rings (SSSR count). The van der Waals surface area contributed by atoms with Gasteiger partial charge in [0.15, 0.2) is 0 Å². The largest absolute Gasteiger partial charge is 0.465 e. The summed E-state index contributed by atoms with van der Waals surface area (Å²) >= 11 is 0. The maximum atomic E-state index is 12.2. The summed E-state index contributed by atoms with van der Waals surface area (Å²) in [6, 6.07) is 5.04. The molecule has 8 nitrogen and oxygen atoms in total. The van der Waals surface area contributed by atoms with E-state index in [1.807, 2.05) is 0 Å². The number of hydrogen-bond acceptors (Lipinski definition) is 5. The first-order chi connectivity index (χ1) is 11.4. The fourth-order valence-corrected chi connectivity index (χ4v) is 4.24. The number of amides is 1. The maximum Gasteiger partial charge on any atom is 0.410 e. The molecule has 0 bridgehead atoms. The lowest BCUT2D eigenvalue weighted by Gasteiger charge is -2.19. The molecule has 0 saturated carbocycles. The molecule has 2 N–H and O–H groups in total. The van der Waals surface area contributed by atoms with Crippen molar-refractivity contribution in [3.05, 3.63) is 36.3 Å². The summed E-state index contributed by atoms with van der Waals surface area (Å²) in [6.07, 6.45) is 2.49. The van der Waals surface area contributed by atoms with Gasteiger partial charge >= 0.3 is 6.09 Å². The molecule has 0 atom stereocenters. The van der Waals surface area contributed by atoms with E-state index < -0.39 is 16.1 Å². The van der Waals surface area contributed by atoms with Crippen LogP contribution in [0.15, 0.2) is 30.6 Å². The third-order valence-corrected chi connectivity index (χ3v) is 5.61. The van der Waals surface area contributed by atoms with Crippen LogP contribution in [0.25, 0.3) is 11.1 Å². The van der Waals surface area contributed by atoms with Crippen molar-refractivity contribution in [1.29, 1.82) is 0 Å². The second-order valence-corrected chi connectivity index (χ2v) is 7.44. The number of anilines is 2. The fraction of sp³-hybridized carbons (Fsp3) is 0.267. The Labute approximate surface area is 139 Å². The number of sulfonamides is 1. The molecule has 0 radical (unpaired) electrons. The van der Waals surface area contributed by atoms with E-state index in [1.54, 1.807) is 31.3 Å². The molecule has 0 aliphatic carbocycles. The molecule has 0 spiro atoms. The van der Waals surface area contributed by atoms with Crippen molar-refractivity contribution < 1.29 is 18.3 Å². The minimum absolute atomic E-state index is 0.138. The van der Waals surface area contributed by atoms with Crippen LogP contribution in [0.2, 0.25) is 0 Å². The zero-order valence-corrected chi connectivity index (χ0v) is 13.7. The summed E-state index contributed by atoms with van der Waals surface area (Å²) in [5, 5.41) is 11.0. The molecule has 3 heterocycles. The van der Waals surface area contributed by atoms with E-state index in [1.165, 1.54) is 10.5 Å². The molecule has 2 aromatic heterocycles. The van der Waals surface area contributed by atoms with E-state index in [9.17, 15) is 13.2 Å². The van der Waals surface area contributed by atoms with Crippen molar-refractivity contribution in [1.82, 2.24) is 9.97 Å². The Balaban J connectivity index is 2.01. The van der Waals surface area contributed by atoms with Crippen molar-refractivity contribution in [3.8, 4) is 11.1 Å². The van der Waals surface area contributed by atoms with Gasteiger partial charge in [0.2, 0.25) is 10.0 Å². The highest BCUT2D eigenvalue weighted by Gasteiger charge is 2.30. The van der Waals surface area contributed by atoms with Gasteiger partial charge in [0, 0.05) is 24.5 Å². The van der Waals surface area contributed by atoms with Crippen LogP contribution in [0.3, 0.4) is 0 Å². The van der Waals surface area contributed by atoms with Crippen LogP contribution in [-0.4, -0.2) is 41.9 Å². The normalized spacial score (nSPS) is 16.1. The van der Waals surface area contributed by atoms with Crippen LogP contribution in [0.5, 0.6) is 0 Å². The standard InChI is InChI=1S/C15H16N4O4S/c1-10-13(19-5-2-6-24(19,22)23)7-12(9-17-10)11-3-4-16-14(8-11)18-15(20)21/h3-4,7-9H,2,5-6H2,1H3,(H,16,18)(H,20,21). The Kier molecular flexibility index (Phi) is 4.10. The van der Waals surface area contributed by atoms with Crippen LogP contribution in [0.4, 0.5) is 16.3 Å². The zero-order valence-electron chi connectivity index (χ0n) is 12.9. The summed E-state index contributed by atoms with van der Waals surface area (Å²) in [6.45, 7) is 2.20. The number of pyridine rings is 2. The molecule has 126 valence electrons. The predicted octanol–water partition coefficient (Wildman–Crippen LogP) is 2.08. The van der Waals surface area contributed by atoms with Gasteiger partial charge in [0.05, 0.1) is 17.1 Å². The zero-order chi connectivity index (χ0) is 17.3. The lowest BCUT2D eigenvalue weighted by atomic mass is 10.1. The minimum atomic E-state index is -3.29. The van der Waals surface area contributed by atoms with Crippen molar-refractivity contribution in [3.63, 3.8) is 0 Å². The molecular weight excluding hydrogens is 332 g/mol. The number of rotatable bonds is 3. The molecule has 1 amide bonds. The maximum absolute atomic E-state index is 12.2. The Morgan fingerprint density at radius 1 is 1.29 bits per heavy atom. The van der Waals surface area contributed by atoms with Gasteiger partial charge in [0.25, 0.3) is 0 Å². The summed E-state index contributed by atoms with van der Waals surface area (Å²) < 4.78 is 25.7. The molecular formula is C15H16N4O4S. The Morgan fingerprint density at radius 3 is 2.75 bits per heavy atom. The molecule has 0 aromatic carbocycles. The Hall–Kier alpha value is -2.68. The number of carboxylic acid groups (broad SMARTS) is 1. The number of nitrogens with one attached hydrogen (secondary N) is 1. The first kappa shape index (κ1) is 16.2. The van der Waals surface area contributed by atoms with E-state index >= 15 is 0 Å². The van der Waals surface area contributed by atoms with Crippen LogP contribution >= 0.6 is 0 Å². The fourth-order valence-electron chi connectivity index (χ4n) is 2.63. The topological polar surface area (TPSA) is 112 Å². The number of aromatic nitrogens is 2. The SMILES string of the molecule is Cc1ncc(-c2ccnc(NC(=O)O)c2)cc1N1CCCS1(=O)=O. The average Bonchev–Trinajstić information content (AvgIpc) is 2.86. The van der Waals surface area contributed by atoms with Crippen LogP contribution in [0, 0.1) is 6.92 Å². The summed E-state index contributed by atoms with van der Waals surface area (Å²) in [4.78, 5) is 18.9. The van der Waals surface area contributed by atoms with Gasteiger partial charge in [-0.25, -0.2) is 18.2 Å². The third-order valence-electron chi connectivity index (χ3n) is 3.76. The highest BCUT2D eigenvalue weighted by molar-refractivity contribution is 7.93. The lowest BCUT2D eigenvalue weighted by Crippen LogP contribution is -2.26. The monoisotopic (exact) mass is 348 g/mol. The Morgan fingerprint density at radius 2 is 2.08 bits per heavy atom. The highest BCUT2D eigenvalue weighted by atomic mass is 32.2. The van der Waals surface area contributed by atoms with Gasteiger partial charge in [0.1, 0.15) is 5.82 Å². The lowest BCUT2D eigenvalue weighted by molar-refractivity contribution is 0.209. The van der Waals surface area contributed by atoms with Gasteiger partial charge < -0.3 is 5.11 Å². The van der Waals surface area contributed by atoms with Crippen molar-refractivity contribution >= 4 is 27.6 Å². The quantitative estimate of drug-likeness (QED) is 0.878. The second kappa shape index (κ2) is 6.08. The van der Waals surface area contributed by atoms with Gasteiger partial charge in [-0.05, 0) is 37.1 Å². The first-order valence-corrected chi connectivity index (χ1v) is 8.91. The minimum Gasteiger partial charge on any atom is -0.465 e. The molecule has 2 aromatic rings. The molecule has 24 heavy (non-hydrogen) atoms. The molecule has 0 unspecified atom stereocenters. The predicted molar refractivity (Wildman–Crippen MR) is 89.6 cm³/mol. The van der Waals surface area contributed by atoms with E-state index in [-0.39, 0.29) is 11.6 Å². The Bertz CT molecular complexity index is 898. The van der Waals surface area contributed by atoms with Crippen molar-refractivity contribution in [2.45, 2.75) is 13.3 Å². The number of aryl methyl sites for hydroxylation is 1. The molecule has 1 saturated heterocycles. The summed E-state index contributed by atoms with van der Waals surface area (Å²) in [5.74, 6) is 0.328. The number of hydrogen-bond donors (Lipinski definition) is 2.